The van der Waals surface area contributed by atoms with E-state index >= 15 is 0 Å². The van der Waals surface area contributed by atoms with Crippen molar-refractivity contribution in [1.82, 2.24) is 4.90 Å². The molecule has 7 nitrogen and oxygen atoms in total. The molecule has 0 spiro atoms. The van der Waals surface area contributed by atoms with E-state index in [1.165, 1.54) is 18.2 Å². The first-order valence-corrected chi connectivity index (χ1v) is 10.2. The number of carbonyl (C=O) groups is 2. The average molecular weight is 453 g/mol. The van der Waals surface area contributed by atoms with Crippen molar-refractivity contribution in [3.8, 4) is 11.5 Å². The zero-order chi connectivity index (χ0) is 23.5. The second kappa shape index (κ2) is 9.15. The highest BCUT2D eigenvalue weighted by atomic mass is 19.1. The van der Waals surface area contributed by atoms with Crippen LogP contribution < -0.4 is 10.2 Å². The summed E-state index contributed by atoms with van der Waals surface area (Å²) in [6.07, 6.45) is 0. The normalized spacial score (nSPS) is 13.6. The maximum absolute atomic E-state index is 13.3. The van der Waals surface area contributed by atoms with Gasteiger partial charge >= 0.3 is 0 Å². The number of para-hydroxylation sites is 2. The van der Waals surface area contributed by atoms with Gasteiger partial charge in [-0.25, -0.2) is 8.78 Å². The Hall–Kier alpha value is -4.14. The van der Waals surface area contributed by atoms with Crippen LogP contribution in [-0.2, 0) is 0 Å². The summed E-state index contributed by atoms with van der Waals surface area (Å²) in [7, 11) is 0. The summed E-state index contributed by atoms with van der Waals surface area (Å²) in [6, 6.07) is 13.5. The van der Waals surface area contributed by atoms with E-state index in [-0.39, 0.29) is 34.2 Å². The van der Waals surface area contributed by atoms with Crippen molar-refractivity contribution in [2.45, 2.75) is 0 Å². The first kappa shape index (κ1) is 22.1. The van der Waals surface area contributed by atoms with E-state index in [9.17, 15) is 28.6 Å². The second-order valence-electron chi connectivity index (χ2n) is 7.61. The highest BCUT2D eigenvalue weighted by Gasteiger charge is 2.25. The van der Waals surface area contributed by atoms with Gasteiger partial charge in [0.25, 0.3) is 11.8 Å². The van der Waals surface area contributed by atoms with Gasteiger partial charge in [0.15, 0.2) is 0 Å². The van der Waals surface area contributed by atoms with E-state index in [1.807, 2.05) is 17.0 Å². The molecule has 9 heteroatoms. The zero-order valence-electron chi connectivity index (χ0n) is 17.5. The number of phenols is 2. The second-order valence-corrected chi connectivity index (χ2v) is 7.61. The number of nitrogens with zero attached hydrogens (tertiary/aromatic N) is 2. The van der Waals surface area contributed by atoms with Crippen LogP contribution in [0.3, 0.4) is 0 Å². The van der Waals surface area contributed by atoms with Crippen molar-refractivity contribution < 1.29 is 28.6 Å². The predicted octanol–water partition coefficient (Wildman–Crippen LogP) is 3.59. The molecule has 33 heavy (non-hydrogen) atoms. The Morgan fingerprint density at radius 2 is 1.48 bits per heavy atom. The quantitative estimate of drug-likeness (QED) is 0.562. The van der Waals surface area contributed by atoms with Crippen LogP contribution in [0.15, 0.2) is 60.7 Å². The van der Waals surface area contributed by atoms with Gasteiger partial charge in [0.2, 0.25) is 0 Å². The van der Waals surface area contributed by atoms with Crippen LogP contribution in [0.2, 0.25) is 0 Å². The van der Waals surface area contributed by atoms with Crippen molar-refractivity contribution in [3.05, 3.63) is 83.4 Å². The molecule has 1 saturated heterocycles. The first-order chi connectivity index (χ1) is 15.8. The topological polar surface area (TPSA) is 93.1 Å². The van der Waals surface area contributed by atoms with Gasteiger partial charge < -0.3 is 25.3 Å². The molecule has 0 unspecified atom stereocenters. The summed E-state index contributed by atoms with van der Waals surface area (Å²) in [5.41, 5.74) is 0.726. The number of phenolic OH excluding ortho intramolecular Hbond substituents is 2. The maximum Gasteiger partial charge on any atom is 0.257 e. The van der Waals surface area contributed by atoms with Gasteiger partial charge in [-0.3, -0.25) is 9.59 Å². The number of anilines is 2. The highest BCUT2D eigenvalue weighted by molar-refractivity contribution is 6.05. The number of amides is 2. The van der Waals surface area contributed by atoms with Gasteiger partial charge in [0.05, 0.1) is 11.3 Å². The van der Waals surface area contributed by atoms with Crippen molar-refractivity contribution in [2.24, 2.45) is 0 Å². The molecule has 3 N–H and O–H groups in total. The Labute approximate surface area is 188 Å². The van der Waals surface area contributed by atoms with Crippen LogP contribution in [0.5, 0.6) is 11.5 Å². The molecule has 1 aliphatic rings. The number of hydrogen-bond donors (Lipinski definition) is 3. The fourth-order valence-corrected chi connectivity index (χ4v) is 3.73. The Morgan fingerprint density at radius 1 is 0.818 bits per heavy atom. The molecule has 1 fully saturated rings. The lowest BCUT2D eigenvalue weighted by molar-refractivity contribution is 0.0743. The third-order valence-corrected chi connectivity index (χ3v) is 5.40. The molecule has 1 heterocycles. The van der Waals surface area contributed by atoms with Crippen LogP contribution >= 0.6 is 0 Å². The molecule has 1 aliphatic heterocycles. The van der Waals surface area contributed by atoms with E-state index in [1.54, 1.807) is 17.0 Å². The monoisotopic (exact) mass is 453 g/mol. The molecule has 0 aromatic heterocycles. The molecular formula is C24H21F2N3O4. The summed E-state index contributed by atoms with van der Waals surface area (Å²) in [4.78, 5) is 28.7. The molecule has 3 aromatic carbocycles. The Kier molecular flexibility index (Phi) is 6.12. The number of benzene rings is 3. The lowest BCUT2D eigenvalue weighted by Gasteiger charge is -2.36. The number of nitrogens with one attached hydrogen (secondary N) is 1. The standard InChI is InChI=1S/C24H21F2N3O4/c25-16-11-15(12-17(26)13-16)23(32)27-18-5-6-19(22(31)14-18)24(33)29-9-7-28(8-10-29)20-3-1-2-4-21(20)30/h1-6,11-14,30-31H,7-10H2,(H,27,32). The number of carbonyl (C=O) groups excluding carboxylic acids is 2. The molecule has 170 valence electrons. The third kappa shape index (κ3) is 4.87. The molecule has 0 saturated carbocycles. The molecule has 0 aliphatic carbocycles. The molecule has 3 aromatic rings. The van der Waals surface area contributed by atoms with Crippen LogP contribution in [0.25, 0.3) is 0 Å². The number of piperazine rings is 1. The maximum atomic E-state index is 13.3. The third-order valence-electron chi connectivity index (χ3n) is 5.40. The molecule has 0 bridgehead atoms. The van der Waals surface area contributed by atoms with Crippen molar-refractivity contribution in [1.29, 1.82) is 0 Å². The number of halogens is 2. The zero-order valence-corrected chi connectivity index (χ0v) is 17.5. The summed E-state index contributed by atoms with van der Waals surface area (Å²) in [6.45, 7) is 1.83. The fraction of sp³-hybridized carbons (Fsp3) is 0.167. The number of rotatable bonds is 4. The van der Waals surface area contributed by atoms with Crippen LogP contribution in [0, 0.1) is 11.6 Å². The Morgan fingerprint density at radius 3 is 2.12 bits per heavy atom. The molecule has 2 amide bonds. The lowest BCUT2D eigenvalue weighted by Crippen LogP contribution is -2.48. The van der Waals surface area contributed by atoms with E-state index in [4.69, 9.17) is 0 Å². The smallest absolute Gasteiger partial charge is 0.257 e. The van der Waals surface area contributed by atoms with Gasteiger partial charge in [-0.15, -0.1) is 0 Å². The highest BCUT2D eigenvalue weighted by Crippen LogP contribution is 2.28. The molecular weight excluding hydrogens is 432 g/mol. The van der Waals surface area contributed by atoms with E-state index in [0.29, 0.717) is 37.9 Å². The molecule has 0 atom stereocenters. The van der Waals surface area contributed by atoms with Gasteiger partial charge in [-0.2, -0.15) is 0 Å². The van der Waals surface area contributed by atoms with Crippen molar-refractivity contribution in [2.75, 3.05) is 36.4 Å². The van der Waals surface area contributed by atoms with Crippen molar-refractivity contribution >= 4 is 23.2 Å². The Balaban J connectivity index is 1.41. The Bertz CT molecular complexity index is 1190. The van der Waals surface area contributed by atoms with Crippen LogP contribution in [-0.4, -0.2) is 53.1 Å². The minimum atomic E-state index is -0.883. The fourth-order valence-electron chi connectivity index (χ4n) is 3.73. The minimum Gasteiger partial charge on any atom is -0.507 e. The van der Waals surface area contributed by atoms with E-state index in [2.05, 4.69) is 5.32 Å². The summed E-state index contributed by atoms with van der Waals surface area (Å²) in [5, 5.41) is 22.8. The summed E-state index contributed by atoms with van der Waals surface area (Å²) < 4.78 is 26.7. The van der Waals surface area contributed by atoms with Gasteiger partial charge in [-0.1, -0.05) is 12.1 Å². The summed E-state index contributed by atoms with van der Waals surface area (Å²) in [5.74, 6) is -3.04. The summed E-state index contributed by atoms with van der Waals surface area (Å²) >= 11 is 0. The molecule has 0 radical (unpaired) electrons. The first-order valence-electron chi connectivity index (χ1n) is 10.2. The van der Waals surface area contributed by atoms with Gasteiger partial charge in [-0.05, 0) is 36.4 Å². The number of hydrogen-bond acceptors (Lipinski definition) is 5. The SMILES string of the molecule is O=C(Nc1ccc(C(=O)N2CCN(c3ccccc3O)CC2)c(O)c1)c1cc(F)cc(F)c1. The van der Waals surface area contributed by atoms with Crippen LogP contribution in [0.4, 0.5) is 20.2 Å². The lowest BCUT2D eigenvalue weighted by atomic mass is 10.1. The largest absolute Gasteiger partial charge is 0.507 e. The van der Waals surface area contributed by atoms with E-state index < -0.39 is 17.5 Å². The minimum absolute atomic E-state index is 0.0702. The molecule has 4 rings (SSSR count). The van der Waals surface area contributed by atoms with E-state index in [0.717, 1.165) is 12.1 Å². The van der Waals surface area contributed by atoms with Gasteiger partial charge in [0.1, 0.15) is 23.1 Å². The predicted molar refractivity (Wildman–Crippen MR) is 119 cm³/mol. The average Bonchev–Trinajstić information content (AvgIpc) is 2.78. The van der Waals surface area contributed by atoms with Crippen LogP contribution in [0.1, 0.15) is 20.7 Å². The van der Waals surface area contributed by atoms with Crippen molar-refractivity contribution in [3.63, 3.8) is 0 Å². The van der Waals surface area contributed by atoms with Gasteiger partial charge in [0, 0.05) is 49.6 Å². The number of aromatic hydroxyl groups is 2.